The number of aromatic nitrogens is 3. The predicted molar refractivity (Wildman–Crippen MR) is 65.2 cm³/mol. The summed E-state index contributed by atoms with van der Waals surface area (Å²) in [5.41, 5.74) is 2.16. The Morgan fingerprint density at radius 3 is 2.40 bits per heavy atom. The van der Waals surface area contributed by atoms with Gasteiger partial charge in [-0.2, -0.15) is 13.2 Å². The number of nitrogens with two attached hydrogens (primary N) is 1. The maximum Gasteiger partial charge on any atom is 0.416 e. The van der Waals surface area contributed by atoms with E-state index in [0.717, 1.165) is 24.0 Å². The molecule has 0 bridgehead atoms. The summed E-state index contributed by atoms with van der Waals surface area (Å²) in [7, 11) is 0. The quantitative estimate of drug-likeness (QED) is 0.663. The number of hydrazine groups is 1. The van der Waals surface area contributed by atoms with E-state index in [2.05, 4.69) is 20.4 Å². The Morgan fingerprint density at radius 2 is 1.85 bits per heavy atom. The first-order chi connectivity index (χ1) is 9.43. The highest BCUT2D eigenvalue weighted by Gasteiger charge is 2.36. The molecule has 0 saturated heterocycles. The molecule has 0 spiro atoms. The Labute approximate surface area is 113 Å². The van der Waals surface area contributed by atoms with E-state index in [0.29, 0.717) is 0 Å². The highest BCUT2D eigenvalue weighted by Crippen LogP contribution is 2.34. The molecule has 0 fully saturated rings. The summed E-state index contributed by atoms with van der Waals surface area (Å²) >= 11 is 0. The van der Waals surface area contributed by atoms with Crippen molar-refractivity contribution < 1.29 is 13.2 Å². The van der Waals surface area contributed by atoms with Gasteiger partial charge in [0.2, 0.25) is 0 Å². The van der Waals surface area contributed by atoms with Crippen LogP contribution < -0.4 is 11.3 Å². The van der Waals surface area contributed by atoms with Crippen molar-refractivity contribution in [1.82, 2.24) is 20.4 Å². The number of halogens is 3. The van der Waals surface area contributed by atoms with Crippen molar-refractivity contribution in [2.75, 3.05) is 0 Å². The van der Waals surface area contributed by atoms with Gasteiger partial charge in [0.25, 0.3) is 0 Å². The minimum atomic E-state index is -4.50. The van der Waals surface area contributed by atoms with Crippen molar-refractivity contribution in [2.45, 2.75) is 19.1 Å². The molecule has 2 aromatic heterocycles. The molecule has 20 heavy (non-hydrogen) atoms. The van der Waals surface area contributed by atoms with Crippen molar-refractivity contribution in [3.05, 3.63) is 53.4 Å². The summed E-state index contributed by atoms with van der Waals surface area (Å²) in [5.74, 6) is 5.51. The number of nitrogens with one attached hydrogen (secondary N) is 1. The zero-order chi connectivity index (χ0) is 14.8. The van der Waals surface area contributed by atoms with Gasteiger partial charge in [0.05, 0.1) is 5.56 Å². The van der Waals surface area contributed by atoms with Crippen molar-refractivity contribution in [2.24, 2.45) is 5.84 Å². The van der Waals surface area contributed by atoms with Gasteiger partial charge in [-0.15, -0.1) is 0 Å². The third kappa shape index (κ3) is 2.91. The van der Waals surface area contributed by atoms with Crippen LogP contribution in [0.2, 0.25) is 0 Å². The molecule has 2 rings (SSSR count). The number of nitrogens with zero attached hydrogens (tertiary/aromatic N) is 3. The van der Waals surface area contributed by atoms with Crippen LogP contribution in [0.5, 0.6) is 0 Å². The molecule has 2 heterocycles. The molecule has 0 aromatic carbocycles. The molecule has 5 nitrogen and oxygen atoms in total. The second kappa shape index (κ2) is 5.51. The molecule has 0 aliphatic carbocycles. The van der Waals surface area contributed by atoms with Gasteiger partial charge in [0, 0.05) is 30.4 Å². The fourth-order valence-electron chi connectivity index (χ4n) is 1.75. The van der Waals surface area contributed by atoms with E-state index in [4.69, 9.17) is 5.84 Å². The van der Waals surface area contributed by atoms with Gasteiger partial charge in [-0.25, -0.2) is 15.4 Å². The molecular weight excluding hydrogens is 271 g/mol. The average molecular weight is 283 g/mol. The molecule has 0 aliphatic heterocycles. The van der Waals surface area contributed by atoms with Crippen LogP contribution in [0.1, 0.15) is 28.6 Å². The summed E-state index contributed by atoms with van der Waals surface area (Å²) in [6.45, 7) is 1.78. The van der Waals surface area contributed by atoms with Crippen molar-refractivity contribution in [1.29, 1.82) is 0 Å². The van der Waals surface area contributed by atoms with E-state index in [9.17, 15) is 13.2 Å². The van der Waals surface area contributed by atoms with Crippen molar-refractivity contribution in [3.63, 3.8) is 0 Å². The van der Waals surface area contributed by atoms with Gasteiger partial charge >= 0.3 is 6.18 Å². The largest absolute Gasteiger partial charge is 0.416 e. The Kier molecular flexibility index (Phi) is 3.96. The fourth-order valence-corrected chi connectivity index (χ4v) is 1.75. The molecule has 1 unspecified atom stereocenters. The highest BCUT2D eigenvalue weighted by atomic mass is 19.4. The number of hydrogen-bond donors (Lipinski definition) is 2. The van der Waals surface area contributed by atoms with E-state index in [1.165, 1.54) is 12.4 Å². The number of pyridine rings is 1. The Bertz CT molecular complexity index is 582. The van der Waals surface area contributed by atoms with Gasteiger partial charge < -0.3 is 0 Å². The highest BCUT2D eigenvalue weighted by molar-refractivity contribution is 5.33. The lowest BCUT2D eigenvalue weighted by atomic mass is 10.0. The van der Waals surface area contributed by atoms with E-state index in [-0.39, 0.29) is 11.4 Å². The predicted octanol–water partition coefficient (Wildman–Crippen LogP) is 1.75. The number of aryl methyl sites for hydroxylation is 1. The SMILES string of the molecule is Cc1cnc(C(NN)c2cnccc2C(F)(F)F)nc1. The Morgan fingerprint density at radius 1 is 1.20 bits per heavy atom. The lowest BCUT2D eigenvalue weighted by Crippen LogP contribution is -2.32. The van der Waals surface area contributed by atoms with Crippen LogP contribution in [-0.2, 0) is 6.18 Å². The first-order valence-electron chi connectivity index (χ1n) is 5.69. The molecule has 0 radical (unpaired) electrons. The summed E-state index contributed by atoms with van der Waals surface area (Å²) < 4.78 is 39.0. The van der Waals surface area contributed by atoms with Crippen LogP contribution in [0.15, 0.2) is 30.9 Å². The summed E-state index contributed by atoms with van der Waals surface area (Å²) in [5, 5.41) is 0. The zero-order valence-corrected chi connectivity index (χ0v) is 10.5. The van der Waals surface area contributed by atoms with Crippen LogP contribution in [0, 0.1) is 6.92 Å². The normalized spacial score (nSPS) is 13.2. The van der Waals surface area contributed by atoms with Crippen LogP contribution in [0.25, 0.3) is 0 Å². The van der Waals surface area contributed by atoms with Crippen LogP contribution in [0.3, 0.4) is 0 Å². The molecule has 0 amide bonds. The third-order valence-electron chi connectivity index (χ3n) is 2.69. The zero-order valence-electron chi connectivity index (χ0n) is 10.5. The minimum absolute atomic E-state index is 0.119. The van der Waals surface area contributed by atoms with E-state index in [1.54, 1.807) is 6.92 Å². The molecule has 1 atom stereocenters. The molecule has 2 aromatic rings. The number of alkyl halides is 3. The molecule has 3 N–H and O–H groups in total. The van der Waals surface area contributed by atoms with Gasteiger partial charge in [0.1, 0.15) is 6.04 Å². The Hall–Kier alpha value is -2.06. The van der Waals surface area contributed by atoms with E-state index < -0.39 is 17.8 Å². The third-order valence-corrected chi connectivity index (χ3v) is 2.69. The lowest BCUT2D eigenvalue weighted by molar-refractivity contribution is -0.138. The number of rotatable bonds is 3. The molecule has 0 saturated carbocycles. The first kappa shape index (κ1) is 14.4. The summed E-state index contributed by atoms with van der Waals surface area (Å²) in [6, 6.07) is -0.0886. The van der Waals surface area contributed by atoms with Gasteiger partial charge in [-0.1, -0.05) is 0 Å². The fraction of sp³-hybridized carbons (Fsp3) is 0.250. The number of hydrogen-bond acceptors (Lipinski definition) is 5. The van der Waals surface area contributed by atoms with Gasteiger partial charge in [0.15, 0.2) is 5.82 Å². The van der Waals surface area contributed by atoms with Crippen LogP contribution >= 0.6 is 0 Å². The second-order valence-electron chi connectivity index (χ2n) is 4.18. The molecule has 8 heteroatoms. The summed E-state index contributed by atoms with van der Waals surface area (Å²) in [6.07, 6.45) is 0.706. The molecule has 106 valence electrons. The van der Waals surface area contributed by atoms with E-state index >= 15 is 0 Å². The monoisotopic (exact) mass is 283 g/mol. The van der Waals surface area contributed by atoms with Crippen molar-refractivity contribution >= 4 is 0 Å². The Balaban J connectivity index is 2.50. The van der Waals surface area contributed by atoms with E-state index in [1.807, 2.05) is 0 Å². The average Bonchev–Trinajstić information content (AvgIpc) is 2.41. The first-order valence-corrected chi connectivity index (χ1v) is 5.69. The van der Waals surface area contributed by atoms with Crippen LogP contribution in [-0.4, -0.2) is 15.0 Å². The maximum atomic E-state index is 13.0. The van der Waals surface area contributed by atoms with Gasteiger partial charge in [-0.05, 0) is 18.6 Å². The summed E-state index contributed by atoms with van der Waals surface area (Å²) in [4.78, 5) is 11.7. The molecule has 0 aliphatic rings. The minimum Gasteiger partial charge on any atom is -0.270 e. The maximum absolute atomic E-state index is 13.0. The standard InChI is InChI=1S/C12H12F3N5/c1-7-4-18-11(19-5-7)10(20-16)8-6-17-3-2-9(8)12(13,14)15/h2-6,10,20H,16H2,1H3. The van der Waals surface area contributed by atoms with Crippen molar-refractivity contribution in [3.8, 4) is 0 Å². The smallest absolute Gasteiger partial charge is 0.270 e. The van der Waals surface area contributed by atoms with Crippen LogP contribution in [0.4, 0.5) is 13.2 Å². The second-order valence-corrected chi connectivity index (χ2v) is 4.18. The molecular formula is C12H12F3N5. The lowest BCUT2D eigenvalue weighted by Gasteiger charge is -2.19. The topological polar surface area (TPSA) is 76.7 Å². The van der Waals surface area contributed by atoms with Gasteiger partial charge in [-0.3, -0.25) is 10.8 Å².